The van der Waals surface area contributed by atoms with Gasteiger partial charge in [0.25, 0.3) is 0 Å². The topological polar surface area (TPSA) is 69.6 Å². The highest BCUT2D eigenvalue weighted by Gasteiger charge is 2.30. The molecule has 6 heteroatoms. The van der Waals surface area contributed by atoms with Crippen molar-refractivity contribution in [2.45, 2.75) is 13.0 Å². The third-order valence-corrected chi connectivity index (χ3v) is 3.21. The van der Waals surface area contributed by atoms with Crippen LogP contribution in [0.5, 0.6) is 0 Å². The highest BCUT2D eigenvalue weighted by molar-refractivity contribution is 5.77. The van der Waals surface area contributed by atoms with E-state index in [1.54, 1.807) is 18.2 Å². The number of hydrogen-bond acceptors (Lipinski definition) is 2. The number of carbonyl (C=O) groups is 2. The number of nitrogens with one attached hydrogen (secondary N) is 1. The highest BCUT2D eigenvalue weighted by atomic mass is 19.1. The molecule has 1 aliphatic rings. The van der Waals surface area contributed by atoms with Crippen LogP contribution in [0.4, 0.5) is 9.18 Å². The molecule has 2 rings (SSSR count). The lowest BCUT2D eigenvalue weighted by Gasteiger charge is -2.16. The molecule has 0 aliphatic carbocycles. The van der Waals surface area contributed by atoms with Gasteiger partial charge in [-0.05, 0) is 12.5 Å². The van der Waals surface area contributed by atoms with Crippen LogP contribution < -0.4 is 5.32 Å². The lowest BCUT2D eigenvalue weighted by atomic mass is 10.1. The molecule has 0 spiro atoms. The van der Waals surface area contributed by atoms with Crippen molar-refractivity contribution in [3.63, 3.8) is 0 Å². The molecular weight excluding hydrogens is 251 g/mol. The monoisotopic (exact) mass is 266 g/mol. The van der Waals surface area contributed by atoms with Crippen LogP contribution in [0.1, 0.15) is 12.0 Å². The minimum Gasteiger partial charge on any atom is -0.481 e. The van der Waals surface area contributed by atoms with E-state index >= 15 is 0 Å². The van der Waals surface area contributed by atoms with Gasteiger partial charge in [-0.15, -0.1) is 0 Å². The molecule has 2 N–H and O–H groups in total. The molecule has 1 aromatic rings. The summed E-state index contributed by atoms with van der Waals surface area (Å²) in [4.78, 5) is 24.0. The lowest BCUT2D eigenvalue weighted by molar-refractivity contribution is -0.141. The second-order valence-electron chi connectivity index (χ2n) is 4.52. The second-order valence-corrected chi connectivity index (χ2v) is 4.52. The van der Waals surface area contributed by atoms with Gasteiger partial charge in [0.15, 0.2) is 0 Å². The van der Waals surface area contributed by atoms with Gasteiger partial charge in [-0.3, -0.25) is 4.79 Å². The van der Waals surface area contributed by atoms with Crippen molar-refractivity contribution in [3.8, 4) is 0 Å². The van der Waals surface area contributed by atoms with Crippen LogP contribution in [-0.4, -0.2) is 35.1 Å². The van der Waals surface area contributed by atoms with Crippen molar-refractivity contribution in [1.29, 1.82) is 0 Å². The van der Waals surface area contributed by atoms with Crippen LogP contribution >= 0.6 is 0 Å². The summed E-state index contributed by atoms with van der Waals surface area (Å²) in [5.74, 6) is -1.75. The largest absolute Gasteiger partial charge is 0.481 e. The molecule has 19 heavy (non-hydrogen) atoms. The summed E-state index contributed by atoms with van der Waals surface area (Å²) in [5.41, 5.74) is 0.407. The quantitative estimate of drug-likeness (QED) is 0.869. The van der Waals surface area contributed by atoms with Crippen molar-refractivity contribution in [2.75, 3.05) is 13.1 Å². The van der Waals surface area contributed by atoms with Gasteiger partial charge >= 0.3 is 12.0 Å². The van der Waals surface area contributed by atoms with Crippen LogP contribution in [0, 0.1) is 11.7 Å². The summed E-state index contributed by atoms with van der Waals surface area (Å²) in [5, 5.41) is 11.4. The number of carbonyl (C=O) groups excluding carboxylic acids is 1. The first-order valence-electron chi connectivity index (χ1n) is 6.07. The molecule has 0 aromatic heterocycles. The normalized spacial score (nSPS) is 18.4. The van der Waals surface area contributed by atoms with Gasteiger partial charge in [0.2, 0.25) is 0 Å². The van der Waals surface area contributed by atoms with Gasteiger partial charge in [-0.1, -0.05) is 18.2 Å². The van der Waals surface area contributed by atoms with Crippen LogP contribution in [0.3, 0.4) is 0 Å². The number of carboxylic acids is 1. The van der Waals surface area contributed by atoms with E-state index in [2.05, 4.69) is 5.32 Å². The first-order chi connectivity index (χ1) is 9.08. The number of rotatable bonds is 3. The Bertz CT molecular complexity index is 493. The van der Waals surface area contributed by atoms with Crippen molar-refractivity contribution < 1.29 is 19.1 Å². The van der Waals surface area contributed by atoms with Gasteiger partial charge in [-0.2, -0.15) is 0 Å². The first kappa shape index (κ1) is 13.3. The molecule has 0 saturated carbocycles. The molecule has 1 saturated heterocycles. The fraction of sp³-hybridized carbons (Fsp3) is 0.385. The highest BCUT2D eigenvalue weighted by Crippen LogP contribution is 2.16. The summed E-state index contributed by atoms with van der Waals surface area (Å²) >= 11 is 0. The van der Waals surface area contributed by atoms with Gasteiger partial charge in [0.1, 0.15) is 5.82 Å². The number of halogens is 1. The van der Waals surface area contributed by atoms with Crippen molar-refractivity contribution in [2.24, 2.45) is 5.92 Å². The van der Waals surface area contributed by atoms with Crippen LogP contribution in [0.15, 0.2) is 24.3 Å². The van der Waals surface area contributed by atoms with Crippen molar-refractivity contribution >= 4 is 12.0 Å². The number of nitrogens with zero attached hydrogens (tertiary/aromatic N) is 1. The fourth-order valence-corrected chi connectivity index (χ4v) is 2.07. The molecule has 1 aliphatic heterocycles. The third kappa shape index (κ3) is 3.21. The van der Waals surface area contributed by atoms with Gasteiger partial charge in [0, 0.05) is 25.2 Å². The van der Waals surface area contributed by atoms with E-state index in [9.17, 15) is 14.0 Å². The molecule has 1 heterocycles. The molecule has 5 nitrogen and oxygen atoms in total. The maximum Gasteiger partial charge on any atom is 0.317 e. The summed E-state index contributed by atoms with van der Waals surface area (Å²) in [7, 11) is 0. The first-order valence-corrected chi connectivity index (χ1v) is 6.07. The summed E-state index contributed by atoms with van der Waals surface area (Å²) in [6.07, 6.45) is 0.461. The lowest BCUT2D eigenvalue weighted by Crippen LogP contribution is -2.38. The van der Waals surface area contributed by atoms with Gasteiger partial charge < -0.3 is 15.3 Å². The standard InChI is InChI=1S/C13H15FN2O3/c14-11-4-2-1-3-9(11)7-15-13(19)16-6-5-10(8-16)12(17)18/h1-4,10H,5-8H2,(H,15,19)(H,17,18). The molecule has 1 fully saturated rings. The number of amides is 2. The predicted octanol–water partition coefficient (Wildman–Crippen LogP) is 1.44. The minimum atomic E-state index is -0.885. The maximum absolute atomic E-state index is 13.3. The van der Waals surface area contributed by atoms with Gasteiger partial charge in [0.05, 0.1) is 5.92 Å². The Morgan fingerprint density at radius 3 is 2.79 bits per heavy atom. The van der Waals surface area contributed by atoms with Crippen LogP contribution in [0.2, 0.25) is 0 Å². The number of benzene rings is 1. The zero-order valence-electron chi connectivity index (χ0n) is 10.3. The zero-order chi connectivity index (χ0) is 13.8. The van der Waals surface area contributed by atoms with E-state index in [0.29, 0.717) is 18.5 Å². The second kappa shape index (κ2) is 5.69. The maximum atomic E-state index is 13.3. The van der Waals surface area contributed by atoms with Crippen LogP contribution in [-0.2, 0) is 11.3 Å². The number of hydrogen-bond donors (Lipinski definition) is 2. The number of urea groups is 1. The van der Waals surface area contributed by atoms with Crippen LogP contribution in [0.25, 0.3) is 0 Å². The zero-order valence-corrected chi connectivity index (χ0v) is 10.3. The Kier molecular flexibility index (Phi) is 3.99. The summed E-state index contributed by atoms with van der Waals surface area (Å²) < 4.78 is 13.3. The number of aliphatic carboxylic acids is 1. The molecule has 0 radical (unpaired) electrons. The van der Waals surface area contributed by atoms with Crippen molar-refractivity contribution in [3.05, 3.63) is 35.6 Å². The van der Waals surface area contributed by atoms with E-state index < -0.39 is 11.9 Å². The Hall–Kier alpha value is -2.11. The Balaban J connectivity index is 1.86. The number of carboxylic acid groups (broad SMARTS) is 1. The Morgan fingerprint density at radius 2 is 2.16 bits per heavy atom. The van der Waals surface area contributed by atoms with E-state index in [1.165, 1.54) is 11.0 Å². The molecule has 1 atom stereocenters. The summed E-state index contributed by atoms with van der Waals surface area (Å²) in [6.45, 7) is 0.720. The van der Waals surface area contributed by atoms with E-state index in [4.69, 9.17) is 5.11 Å². The van der Waals surface area contributed by atoms with Gasteiger partial charge in [-0.25, -0.2) is 9.18 Å². The molecule has 0 bridgehead atoms. The molecule has 2 amide bonds. The molecule has 102 valence electrons. The average molecular weight is 266 g/mol. The molecule has 1 unspecified atom stereocenters. The SMILES string of the molecule is O=C(O)C1CCN(C(=O)NCc2ccccc2F)C1. The van der Waals surface area contributed by atoms with E-state index in [-0.39, 0.29) is 24.9 Å². The Labute approximate surface area is 110 Å². The van der Waals surface area contributed by atoms with Crippen molar-refractivity contribution in [1.82, 2.24) is 10.2 Å². The summed E-state index contributed by atoms with van der Waals surface area (Å²) in [6, 6.07) is 5.85. The Morgan fingerprint density at radius 1 is 1.42 bits per heavy atom. The predicted molar refractivity (Wildman–Crippen MR) is 66.0 cm³/mol. The third-order valence-electron chi connectivity index (χ3n) is 3.21. The van der Waals surface area contributed by atoms with E-state index in [1.807, 2.05) is 0 Å². The minimum absolute atomic E-state index is 0.0970. The average Bonchev–Trinajstić information content (AvgIpc) is 2.87. The molecule has 1 aromatic carbocycles. The molecular formula is C13H15FN2O3. The smallest absolute Gasteiger partial charge is 0.317 e. The van der Waals surface area contributed by atoms with E-state index in [0.717, 1.165) is 0 Å². The number of likely N-dealkylation sites (tertiary alicyclic amines) is 1. The fourth-order valence-electron chi connectivity index (χ4n) is 2.07.